The van der Waals surface area contributed by atoms with Crippen molar-refractivity contribution in [1.29, 1.82) is 0 Å². The van der Waals surface area contributed by atoms with Gasteiger partial charge in [0.2, 0.25) is 5.91 Å². The number of rotatable bonds is 9. The summed E-state index contributed by atoms with van der Waals surface area (Å²) in [6.07, 6.45) is -2.43. The van der Waals surface area contributed by atoms with Crippen LogP contribution in [-0.2, 0) is 30.5 Å². The number of alkyl halides is 3. The van der Waals surface area contributed by atoms with Crippen molar-refractivity contribution in [1.82, 2.24) is 14.7 Å². The van der Waals surface area contributed by atoms with Gasteiger partial charge in [0.1, 0.15) is 0 Å². The Morgan fingerprint density at radius 1 is 1.03 bits per heavy atom. The summed E-state index contributed by atoms with van der Waals surface area (Å²) in [5.41, 5.74) is 2.10. The highest BCUT2D eigenvalue weighted by Gasteiger charge is 2.33. The number of nitrogens with zero attached hydrogens (tertiary/aromatic N) is 3. The number of carbonyl (C=O) groups is 2. The molecule has 1 N–H and O–H groups in total. The largest absolute Gasteiger partial charge is 0.459 e. The van der Waals surface area contributed by atoms with Crippen molar-refractivity contribution in [3.05, 3.63) is 88.9 Å². The molecule has 1 aliphatic heterocycles. The molecule has 0 fully saturated rings. The molecule has 0 aliphatic carbocycles. The van der Waals surface area contributed by atoms with E-state index in [0.29, 0.717) is 31.8 Å². The zero-order valence-electron chi connectivity index (χ0n) is 21.4. The van der Waals surface area contributed by atoms with E-state index in [4.69, 9.17) is 4.42 Å². The zero-order chi connectivity index (χ0) is 27.3. The van der Waals surface area contributed by atoms with E-state index in [0.717, 1.165) is 22.9 Å². The SMILES string of the molecule is CN(C)CCN(Cc1ccccc1C(F)(F)F)C(=O)CNc1cccc2c1CCN(C(=O)c1ccco1)C2. The van der Waals surface area contributed by atoms with Gasteiger partial charge in [-0.15, -0.1) is 0 Å². The van der Waals surface area contributed by atoms with Crippen LogP contribution in [0.2, 0.25) is 0 Å². The Morgan fingerprint density at radius 3 is 2.53 bits per heavy atom. The van der Waals surface area contributed by atoms with E-state index in [1.54, 1.807) is 23.1 Å². The van der Waals surface area contributed by atoms with E-state index in [-0.39, 0.29) is 37.0 Å². The van der Waals surface area contributed by atoms with Gasteiger partial charge in [0.15, 0.2) is 5.76 Å². The van der Waals surface area contributed by atoms with Crippen molar-refractivity contribution in [2.45, 2.75) is 25.7 Å². The second-order valence-electron chi connectivity index (χ2n) is 9.52. The molecular formula is C28H31F3N4O3. The first kappa shape index (κ1) is 27.3. The molecule has 2 aromatic carbocycles. The number of anilines is 1. The Kier molecular flexibility index (Phi) is 8.41. The number of likely N-dealkylation sites (N-methyl/N-ethyl adjacent to an activating group) is 1. The Morgan fingerprint density at radius 2 is 1.82 bits per heavy atom. The van der Waals surface area contributed by atoms with Crippen LogP contribution in [0, 0.1) is 0 Å². The minimum Gasteiger partial charge on any atom is -0.459 e. The Balaban J connectivity index is 1.46. The van der Waals surface area contributed by atoms with Crippen molar-refractivity contribution in [3.63, 3.8) is 0 Å². The van der Waals surface area contributed by atoms with E-state index >= 15 is 0 Å². The third-order valence-electron chi connectivity index (χ3n) is 6.57. The fourth-order valence-corrected chi connectivity index (χ4v) is 4.54. The van der Waals surface area contributed by atoms with Crippen LogP contribution in [-0.4, -0.2) is 66.8 Å². The molecule has 0 atom stereocenters. The molecule has 7 nitrogen and oxygen atoms in total. The van der Waals surface area contributed by atoms with Crippen molar-refractivity contribution in [2.24, 2.45) is 0 Å². The summed E-state index contributed by atoms with van der Waals surface area (Å²) in [6.45, 7) is 1.52. The first-order valence-corrected chi connectivity index (χ1v) is 12.4. The van der Waals surface area contributed by atoms with Crippen LogP contribution >= 0.6 is 0 Å². The molecule has 0 bridgehead atoms. The standard InChI is InChI=1S/C28H31F3N4O3/c1-33(2)14-15-34(19-21-7-3-4-9-23(21)28(29,30)31)26(36)17-32-24-10-5-8-20-18-35(13-12-22(20)24)27(37)25-11-6-16-38-25/h3-11,16,32H,12-15,17-19H2,1-2H3. The quantitative estimate of drug-likeness (QED) is 0.443. The molecule has 2 heterocycles. The molecule has 38 heavy (non-hydrogen) atoms. The number of hydrogen-bond donors (Lipinski definition) is 1. The number of fused-ring (bicyclic) bond motifs is 1. The van der Waals surface area contributed by atoms with Crippen LogP contribution in [0.1, 0.15) is 32.8 Å². The number of amides is 2. The monoisotopic (exact) mass is 528 g/mol. The molecule has 4 rings (SSSR count). The molecule has 10 heteroatoms. The van der Waals surface area contributed by atoms with Gasteiger partial charge in [-0.1, -0.05) is 30.3 Å². The predicted octanol–water partition coefficient (Wildman–Crippen LogP) is 4.50. The molecule has 0 spiro atoms. The second-order valence-corrected chi connectivity index (χ2v) is 9.52. The van der Waals surface area contributed by atoms with Crippen LogP contribution in [0.5, 0.6) is 0 Å². The summed E-state index contributed by atoms with van der Waals surface area (Å²) in [4.78, 5) is 31.0. The summed E-state index contributed by atoms with van der Waals surface area (Å²) >= 11 is 0. The maximum Gasteiger partial charge on any atom is 0.416 e. The summed E-state index contributed by atoms with van der Waals surface area (Å²) < 4.78 is 45.9. The average molecular weight is 529 g/mol. The zero-order valence-corrected chi connectivity index (χ0v) is 21.4. The first-order valence-electron chi connectivity index (χ1n) is 12.4. The normalized spacial score (nSPS) is 13.4. The lowest BCUT2D eigenvalue weighted by molar-refractivity contribution is -0.139. The van der Waals surface area contributed by atoms with Gasteiger partial charge in [0.05, 0.1) is 18.4 Å². The number of hydrogen-bond acceptors (Lipinski definition) is 5. The smallest absolute Gasteiger partial charge is 0.416 e. The molecule has 1 aromatic heterocycles. The number of carbonyl (C=O) groups excluding carboxylic acids is 2. The van der Waals surface area contributed by atoms with Crippen LogP contribution in [0.3, 0.4) is 0 Å². The van der Waals surface area contributed by atoms with Gasteiger partial charge in [0.25, 0.3) is 5.91 Å². The number of halogens is 3. The minimum absolute atomic E-state index is 0.0607. The van der Waals surface area contributed by atoms with E-state index in [9.17, 15) is 22.8 Å². The van der Waals surface area contributed by atoms with Gasteiger partial charge in [-0.2, -0.15) is 13.2 Å². The maximum atomic E-state index is 13.5. The third kappa shape index (κ3) is 6.55. The lowest BCUT2D eigenvalue weighted by atomic mass is 9.97. The summed E-state index contributed by atoms with van der Waals surface area (Å²) in [7, 11) is 3.70. The van der Waals surface area contributed by atoms with Crippen LogP contribution in [0.15, 0.2) is 65.3 Å². The van der Waals surface area contributed by atoms with E-state index in [1.165, 1.54) is 23.3 Å². The van der Waals surface area contributed by atoms with Gasteiger partial charge in [-0.05, 0) is 61.5 Å². The van der Waals surface area contributed by atoms with Crippen LogP contribution in [0.4, 0.5) is 18.9 Å². The average Bonchev–Trinajstić information content (AvgIpc) is 3.43. The van der Waals surface area contributed by atoms with E-state index in [1.807, 2.05) is 37.2 Å². The van der Waals surface area contributed by atoms with E-state index < -0.39 is 11.7 Å². The fraction of sp³-hybridized carbons (Fsp3) is 0.357. The van der Waals surface area contributed by atoms with Gasteiger partial charge >= 0.3 is 6.18 Å². The molecule has 202 valence electrons. The number of nitrogens with one attached hydrogen (secondary N) is 1. The highest BCUT2D eigenvalue weighted by molar-refractivity contribution is 5.91. The number of benzene rings is 2. The van der Waals surface area contributed by atoms with Gasteiger partial charge in [0, 0.05) is 38.4 Å². The molecule has 1 aliphatic rings. The van der Waals surface area contributed by atoms with Crippen molar-refractivity contribution in [3.8, 4) is 0 Å². The Labute approximate surface area is 219 Å². The highest BCUT2D eigenvalue weighted by Crippen LogP contribution is 2.32. The summed E-state index contributed by atoms with van der Waals surface area (Å²) in [5, 5.41) is 3.19. The van der Waals surface area contributed by atoms with Crippen molar-refractivity contribution >= 4 is 17.5 Å². The third-order valence-corrected chi connectivity index (χ3v) is 6.57. The summed E-state index contributed by atoms with van der Waals surface area (Å²) in [6, 6.07) is 14.3. The van der Waals surface area contributed by atoms with Gasteiger partial charge in [-0.3, -0.25) is 9.59 Å². The van der Waals surface area contributed by atoms with Crippen LogP contribution < -0.4 is 5.32 Å². The summed E-state index contributed by atoms with van der Waals surface area (Å²) in [5.74, 6) is -0.185. The maximum absolute atomic E-state index is 13.5. The van der Waals surface area contributed by atoms with E-state index in [2.05, 4.69) is 5.32 Å². The topological polar surface area (TPSA) is 69.0 Å². The second kappa shape index (κ2) is 11.7. The molecule has 2 amide bonds. The highest BCUT2D eigenvalue weighted by atomic mass is 19.4. The molecule has 3 aromatic rings. The van der Waals surface area contributed by atoms with Gasteiger partial charge < -0.3 is 24.4 Å². The first-order chi connectivity index (χ1) is 18.1. The Bertz CT molecular complexity index is 1260. The Hall–Kier alpha value is -3.79. The fourth-order valence-electron chi connectivity index (χ4n) is 4.54. The minimum atomic E-state index is -4.50. The molecular weight excluding hydrogens is 497 g/mol. The van der Waals surface area contributed by atoms with Crippen molar-refractivity contribution < 1.29 is 27.2 Å². The lowest BCUT2D eigenvalue weighted by Crippen LogP contribution is -2.40. The molecule has 0 unspecified atom stereocenters. The van der Waals surface area contributed by atoms with Crippen molar-refractivity contribution in [2.75, 3.05) is 45.6 Å². The molecule has 0 saturated heterocycles. The molecule has 0 saturated carbocycles. The molecule has 0 radical (unpaired) electrons. The van der Waals surface area contributed by atoms with Gasteiger partial charge in [-0.25, -0.2) is 0 Å². The lowest BCUT2D eigenvalue weighted by Gasteiger charge is -2.30. The predicted molar refractivity (Wildman–Crippen MR) is 137 cm³/mol. The number of furan rings is 1. The van der Waals surface area contributed by atoms with Crippen LogP contribution in [0.25, 0.3) is 0 Å².